The van der Waals surface area contributed by atoms with E-state index in [-0.39, 0.29) is 12.0 Å². The first-order valence-electron chi connectivity index (χ1n) is 11.7. The molecule has 0 aliphatic carbocycles. The topological polar surface area (TPSA) is 19.0 Å². The molecule has 0 N–H and O–H groups in total. The van der Waals surface area contributed by atoms with Crippen molar-refractivity contribution in [3.05, 3.63) is 89.5 Å². The molecule has 0 radical (unpaired) electrons. The Hall–Kier alpha value is -2.98. The van der Waals surface area contributed by atoms with Crippen LogP contribution in [0.25, 0.3) is 0 Å². The highest BCUT2D eigenvalue weighted by Gasteiger charge is 2.18. The predicted octanol–water partition coefficient (Wildman–Crippen LogP) is 5.86. The number of hydrogen-bond donors (Lipinski definition) is 0. The van der Waals surface area contributed by atoms with Crippen molar-refractivity contribution in [2.24, 2.45) is 0 Å². The van der Waals surface area contributed by atoms with Gasteiger partial charge >= 0.3 is 0 Å². The van der Waals surface area contributed by atoms with E-state index in [1.807, 2.05) is 0 Å². The lowest BCUT2D eigenvalue weighted by molar-refractivity contribution is 0.0846. The molecule has 0 bridgehead atoms. The lowest BCUT2D eigenvalue weighted by atomic mass is 9.85. The molecule has 0 heterocycles. The molecule has 0 unspecified atom stereocenters. The van der Waals surface area contributed by atoms with Crippen LogP contribution in [0, 0.1) is 0 Å². The van der Waals surface area contributed by atoms with Crippen LogP contribution < -0.4 is 14.7 Å². The molecule has 4 nitrogen and oxygen atoms in total. The lowest BCUT2D eigenvalue weighted by Gasteiger charge is -2.24. The van der Waals surface area contributed by atoms with Crippen molar-refractivity contribution < 1.29 is 4.74 Å². The molecule has 0 amide bonds. The molecule has 0 aromatic heterocycles. The molecule has 4 heteroatoms. The highest BCUT2D eigenvalue weighted by Crippen LogP contribution is 2.34. The van der Waals surface area contributed by atoms with Gasteiger partial charge in [0.1, 0.15) is 0 Å². The van der Waals surface area contributed by atoms with E-state index in [0.29, 0.717) is 0 Å². The number of anilines is 3. The second-order valence-electron chi connectivity index (χ2n) is 9.34. The zero-order valence-electron chi connectivity index (χ0n) is 21.2. The van der Waals surface area contributed by atoms with E-state index in [2.05, 4.69) is 137 Å². The molecule has 0 atom stereocenters. The molecule has 0 fully saturated rings. The number of rotatable bonds is 10. The average Bonchev–Trinajstić information content (AvgIpc) is 2.80. The Balaban J connectivity index is 1.90. The largest absolute Gasteiger partial charge is 0.378 e. The summed E-state index contributed by atoms with van der Waals surface area (Å²) in [5.41, 5.74) is 7.51. The first kappa shape index (κ1) is 24.7. The number of hydrogen-bond acceptors (Lipinski definition) is 4. The summed E-state index contributed by atoms with van der Waals surface area (Å²) in [5, 5.41) is 0. The maximum atomic E-state index is 5.72. The van der Waals surface area contributed by atoms with Gasteiger partial charge in [0.15, 0.2) is 0 Å². The predicted molar refractivity (Wildman–Crippen MR) is 143 cm³/mol. The SMILES string of the molecule is CC(C)OCCN(C)c1ccc(C(c2ccc(N(C)C)cc2)c2ccc(N(C)C)cc2)cc1. The van der Waals surface area contributed by atoms with Crippen LogP contribution in [0.4, 0.5) is 17.1 Å². The Morgan fingerprint density at radius 3 is 1.27 bits per heavy atom. The molecule has 0 aliphatic rings. The standard InChI is InChI=1S/C29H39N3O/c1-22(2)33-21-20-32(7)28-18-12-25(13-19-28)29(23-8-14-26(15-9-23)30(3)4)24-10-16-27(17-11-24)31(5)6/h8-19,22,29H,20-21H2,1-7H3. The van der Waals surface area contributed by atoms with Crippen molar-refractivity contribution in [2.45, 2.75) is 25.9 Å². The Kier molecular flexibility index (Phi) is 8.40. The third kappa shape index (κ3) is 6.52. The van der Waals surface area contributed by atoms with Gasteiger partial charge in [-0.3, -0.25) is 0 Å². The Labute approximate surface area is 200 Å². The third-order valence-corrected chi connectivity index (χ3v) is 6.03. The van der Waals surface area contributed by atoms with Gasteiger partial charge in [0.25, 0.3) is 0 Å². The van der Waals surface area contributed by atoms with Crippen LogP contribution in [0.5, 0.6) is 0 Å². The molecule has 0 saturated heterocycles. The minimum Gasteiger partial charge on any atom is -0.378 e. The molecule has 3 aromatic carbocycles. The highest BCUT2D eigenvalue weighted by molar-refractivity contribution is 5.55. The second kappa shape index (κ2) is 11.2. The van der Waals surface area contributed by atoms with Gasteiger partial charge in [0.2, 0.25) is 0 Å². The van der Waals surface area contributed by atoms with Gasteiger partial charge < -0.3 is 19.4 Å². The number of likely N-dealkylation sites (N-methyl/N-ethyl adjacent to an activating group) is 1. The highest BCUT2D eigenvalue weighted by atomic mass is 16.5. The molecule has 176 valence electrons. The third-order valence-electron chi connectivity index (χ3n) is 6.03. The van der Waals surface area contributed by atoms with Gasteiger partial charge in [-0.15, -0.1) is 0 Å². The molecule has 0 aliphatic heterocycles. The molecule has 3 aromatic rings. The molecule has 0 spiro atoms. The lowest BCUT2D eigenvalue weighted by Crippen LogP contribution is -2.23. The van der Waals surface area contributed by atoms with Crippen molar-refractivity contribution in [1.82, 2.24) is 0 Å². The summed E-state index contributed by atoms with van der Waals surface area (Å²) < 4.78 is 5.72. The molecule has 33 heavy (non-hydrogen) atoms. The smallest absolute Gasteiger partial charge is 0.0644 e. The Morgan fingerprint density at radius 2 is 0.939 bits per heavy atom. The van der Waals surface area contributed by atoms with Crippen molar-refractivity contribution in [3.63, 3.8) is 0 Å². The quantitative estimate of drug-likeness (QED) is 0.364. The van der Waals surface area contributed by atoms with Crippen molar-refractivity contribution in [2.75, 3.05) is 63.1 Å². The van der Waals surface area contributed by atoms with Crippen LogP contribution in [0.2, 0.25) is 0 Å². The summed E-state index contributed by atoms with van der Waals surface area (Å²) in [6, 6.07) is 26.8. The summed E-state index contributed by atoms with van der Waals surface area (Å²) >= 11 is 0. The zero-order valence-corrected chi connectivity index (χ0v) is 21.2. The summed E-state index contributed by atoms with van der Waals surface area (Å²) in [6.45, 7) is 5.75. The summed E-state index contributed by atoms with van der Waals surface area (Å²) in [6.07, 6.45) is 0.263. The van der Waals surface area contributed by atoms with Crippen LogP contribution in [-0.2, 0) is 4.74 Å². The van der Waals surface area contributed by atoms with E-state index in [1.54, 1.807) is 0 Å². The van der Waals surface area contributed by atoms with Crippen LogP contribution in [0.15, 0.2) is 72.8 Å². The van der Waals surface area contributed by atoms with E-state index >= 15 is 0 Å². The number of ether oxygens (including phenoxy) is 1. The summed E-state index contributed by atoms with van der Waals surface area (Å²) in [7, 11) is 10.4. The Bertz CT molecular complexity index is 925. The molecule has 3 rings (SSSR count). The van der Waals surface area contributed by atoms with Gasteiger partial charge in [0.05, 0.1) is 12.7 Å². The Morgan fingerprint density at radius 1 is 0.576 bits per heavy atom. The fraction of sp³-hybridized carbons (Fsp3) is 0.379. The van der Waals surface area contributed by atoms with Gasteiger partial charge in [-0.1, -0.05) is 36.4 Å². The molecular formula is C29H39N3O. The first-order chi connectivity index (χ1) is 15.8. The average molecular weight is 446 g/mol. The maximum Gasteiger partial charge on any atom is 0.0644 e. The van der Waals surface area contributed by atoms with E-state index in [9.17, 15) is 0 Å². The summed E-state index contributed by atoms with van der Waals surface area (Å²) in [4.78, 5) is 6.52. The number of nitrogens with zero attached hydrogens (tertiary/aromatic N) is 3. The molecular weight excluding hydrogens is 406 g/mol. The normalized spacial score (nSPS) is 11.2. The fourth-order valence-electron chi connectivity index (χ4n) is 3.98. The summed E-state index contributed by atoms with van der Waals surface area (Å²) in [5.74, 6) is 0.182. The second-order valence-corrected chi connectivity index (χ2v) is 9.34. The van der Waals surface area contributed by atoms with Gasteiger partial charge in [-0.25, -0.2) is 0 Å². The van der Waals surface area contributed by atoms with Crippen LogP contribution in [0.3, 0.4) is 0 Å². The molecule has 0 saturated carbocycles. The number of benzene rings is 3. The van der Waals surface area contributed by atoms with E-state index in [4.69, 9.17) is 4.74 Å². The van der Waals surface area contributed by atoms with E-state index < -0.39 is 0 Å². The van der Waals surface area contributed by atoms with Crippen molar-refractivity contribution in [3.8, 4) is 0 Å². The zero-order chi connectivity index (χ0) is 24.0. The first-order valence-corrected chi connectivity index (χ1v) is 11.7. The van der Waals surface area contributed by atoms with Gasteiger partial charge in [-0.2, -0.15) is 0 Å². The van der Waals surface area contributed by atoms with E-state index in [0.717, 1.165) is 13.2 Å². The fourth-order valence-corrected chi connectivity index (χ4v) is 3.98. The maximum absolute atomic E-state index is 5.72. The van der Waals surface area contributed by atoms with E-state index in [1.165, 1.54) is 33.8 Å². The van der Waals surface area contributed by atoms with Crippen molar-refractivity contribution in [1.29, 1.82) is 0 Å². The van der Waals surface area contributed by atoms with Gasteiger partial charge in [-0.05, 0) is 66.9 Å². The minimum atomic E-state index is 0.182. The monoisotopic (exact) mass is 445 g/mol. The van der Waals surface area contributed by atoms with Crippen LogP contribution >= 0.6 is 0 Å². The minimum absolute atomic E-state index is 0.182. The van der Waals surface area contributed by atoms with Crippen molar-refractivity contribution >= 4 is 17.1 Å². The van der Waals surface area contributed by atoms with Gasteiger partial charge in [0, 0.05) is 64.8 Å². The van der Waals surface area contributed by atoms with Crippen LogP contribution in [-0.4, -0.2) is 54.5 Å². The van der Waals surface area contributed by atoms with Crippen LogP contribution in [0.1, 0.15) is 36.5 Å².